The van der Waals surface area contributed by atoms with Gasteiger partial charge < -0.3 is 14.6 Å². The molecule has 0 fully saturated rings. The first kappa shape index (κ1) is 18.4. The number of anilines is 2. The third kappa shape index (κ3) is 3.22. The number of hydrogen-bond acceptors (Lipinski definition) is 3. The summed E-state index contributed by atoms with van der Waals surface area (Å²) in [6.45, 7) is 2.33. The number of nitrogens with zero attached hydrogens (tertiary/aromatic N) is 1. The molecule has 2 heterocycles. The van der Waals surface area contributed by atoms with Crippen LogP contribution in [0.4, 0.5) is 11.4 Å². The standard InChI is InChI=1S/C25H22N2O3/c1-16(28)27-12-4-6-18-13-20(9-10-22(18)27)26-24(29)14-19-15-30-23-11-8-17-5-2-3-7-21(17)25(19)23/h2-3,5,7-11,13,15H,4,6,12,14H2,1H3,(H,26,29). The van der Waals surface area contributed by atoms with Gasteiger partial charge in [-0.25, -0.2) is 0 Å². The quantitative estimate of drug-likeness (QED) is 0.524. The van der Waals surface area contributed by atoms with Crippen LogP contribution >= 0.6 is 0 Å². The van der Waals surface area contributed by atoms with Gasteiger partial charge in [0.1, 0.15) is 5.58 Å². The second-order valence-electron chi connectivity index (χ2n) is 7.76. The Morgan fingerprint density at radius 1 is 1.10 bits per heavy atom. The maximum absolute atomic E-state index is 12.8. The van der Waals surface area contributed by atoms with Crippen LogP contribution in [0.1, 0.15) is 24.5 Å². The molecule has 0 saturated carbocycles. The molecule has 0 spiro atoms. The number of hydrogen-bond donors (Lipinski definition) is 1. The molecule has 5 rings (SSSR count). The number of benzene rings is 3. The van der Waals surface area contributed by atoms with E-state index in [1.54, 1.807) is 18.1 Å². The Hall–Kier alpha value is -3.60. The first-order valence-corrected chi connectivity index (χ1v) is 10.2. The normalized spacial score (nSPS) is 13.4. The van der Waals surface area contributed by atoms with E-state index in [0.29, 0.717) is 0 Å². The number of rotatable bonds is 3. The van der Waals surface area contributed by atoms with Gasteiger partial charge in [-0.2, -0.15) is 0 Å². The van der Waals surface area contributed by atoms with Crippen molar-refractivity contribution in [3.8, 4) is 0 Å². The molecule has 0 radical (unpaired) electrons. The maximum Gasteiger partial charge on any atom is 0.228 e. The first-order chi connectivity index (χ1) is 14.6. The summed E-state index contributed by atoms with van der Waals surface area (Å²) in [7, 11) is 0. The molecule has 0 atom stereocenters. The molecule has 1 aliphatic rings. The van der Waals surface area contributed by atoms with Gasteiger partial charge in [-0.05, 0) is 53.4 Å². The van der Waals surface area contributed by atoms with E-state index in [1.807, 2.05) is 42.5 Å². The molecule has 1 aliphatic heterocycles. The van der Waals surface area contributed by atoms with Crippen molar-refractivity contribution in [2.45, 2.75) is 26.2 Å². The lowest BCUT2D eigenvalue weighted by atomic mass is 10.0. The zero-order valence-corrected chi connectivity index (χ0v) is 16.8. The predicted octanol–water partition coefficient (Wildman–Crippen LogP) is 5.07. The van der Waals surface area contributed by atoms with Gasteiger partial charge in [-0.3, -0.25) is 9.59 Å². The van der Waals surface area contributed by atoms with Gasteiger partial charge in [0.15, 0.2) is 0 Å². The molecule has 0 unspecified atom stereocenters. The smallest absolute Gasteiger partial charge is 0.228 e. The Bertz CT molecular complexity index is 1290. The van der Waals surface area contributed by atoms with Gasteiger partial charge in [0.25, 0.3) is 0 Å². The average Bonchev–Trinajstić information content (AvgIpc) is 3.16. The van der Waals surface area contributed by atoms with Gasteiger partial charge in [0, 0.05) is 35.8 Å². The number of furan rings is 1. The summed E-state index contributed by atoms with van der Waals surface area (Å²) >= 11 is 0. The number of fused-ring (bicyclic) bond motifs is 4. The third-order valence-electron chi connectivity index (χ3n) is 5.75. The zero-order valence-electron chi connectivity index (χ0n) is 16.8. The van der Waals surface area contributed by atoms with Crippen molar-refractivity contribution in [2.75, 3.05) is 16.8 Å². The number of carbonyl (C=O) groups is 2. The van der Waals surface area contributed by atoms with Crippen LogP contribution in [0.3, 0.4) is 0 Å². The minimum atomic E-state index is -0.0928. The Morgan fingerprint density at radius 2 is 1.97 bits per heavy atom. The van der Waals surface area contributed by atoms with Crippen LogP contribution < -0.4 is 10.2 Å². The minimum Gasteiger partial charge on any atom is -0.464 e. The largest absolute Gasteiger partial charge is 0.464 e. The zero-order chi connectivity index (χ0) is 20.7. The van der Waals surface area contributed by atoms with E-state index >= 15 is 0 Å². The molecule has 4 aromatic rings. The van der Waals surface area contributed by atoms with Crippen molar-refractivity contribution < 1.29 is 14.0 Å². The average molecular weight is 398 g/mol. The summed E-state index contributed by atoms with van der Waals surface area (Å²) in [5.74, 6) is -0.0448. The SMILES string of the molecule is CC(=O)N1CCCc2cc(NC(=O)Cc3coc4ccc5ccccc5c34)ccc21. The second-order valence-corrected chi connectivity index (χ2v) is 7.76. The van der Waals surface area contributed by atoms with E-state index in [2.05, 4.69) is 17.4 Å². The van der Waals surface area contributed by atoms with Crippen molar-refractivity contribution in [1.29, 1.82) is 0 Å². The molecule has 150 valence electrons. The number of carbonyl (C=O) groups excluding carboxylic acids is 2. The van der Waals surface area contributed by atoms with E-state index < -0.39 is 0 Å². The van der Waals surface area contributed by atoms with Crippen molar-refractivity contribution in [3.63, 3.8) is 0 Å². The summed E-state index contributed by atoms with van der Waals surface area (Å²) in [5, 5.41) is 6.21. The highest BCUT2D eigenvalue weighted by molar-refractivity contribution is 6.09. The van der Waals surface area contributed by atoms with Crippen LogP contribution in [-0.2, 0) is 22.4 Å². The third-order valence-corrected chi connectivity index (χ3v) is 5.75. The van der Waals surface area contributed by atoms with Crippen LogP contribution in [0.2, 0.25) is 0 Å². The van der Waals surface area contributed by atoms with Crippen LogP contribution in [-0.4, -0.2) is 18.4 Å². The topological polar surface area (TPSA) is 62.6 Å². The molecule has 1 N–H and O–H groups in total. The predicted molar refractivity (Wildman–Crippen MR) is 119 cm³/mol. The first-order valence-electron chi connectivity index (χ1n) is 10.2. The Balaban J connectivity index is 1.40. The highest BCUT2D eigenvalue weighted by Crippen LogP contribution is 2.31. The fourth-order valence-electron chi connectivity index (χ4n) is 4.38. The summed E-state index contributed by atoms with van der Waals surface area (Å²) in [5.41, 5.74) is 4.45. The fourth-order valence-corrected chi connectivity index (χ4v) is 4.38. The van der Waals surface area contributed by atoms with E-state index in [0.717, 1.165) is 63.6 Å². The van der Waals surface area contributed by atoms with Crippen molar-refractivity contribution >= 4 is 44.9 Å². The molecule has 0 aliphatic carbocycles. The minimum absolute atomic E-state index is 0.0480. The van der Waals surface area contributed by atoms with Gasteiger partial charge in [0.2, 0.25) is 11.8 Å². The highest BCUT2D eigenvalue weighted by Gasteiger charge is 2.20. The van der Waals surface area contributed by atoms with Crippen LogP contribution in [0.5, 0.6) is 0 Å². The Kier molecular flexibility index (Phi) is 4.51. The van der Waals surface area contributed by atoms with Crippen LogP contribution in [0.25, 0.3) is 21.7 Å². The van der Waals surface area contributed by atoms with Gasteiger partial charge in [0.05, 0.1) is 12.7 Å². The molecule has 0 saturated heterocycles. The fraction of sp³-hybridized carbons (Fsp3) is 0.200. The molecular weight excluding hydrogens is 376 g/mol. The molecule has 5 nitrogen and oxygen atoms in total. The van der Waals surface area contributed by atoms with E-state index in [-0.39, 0.29) is 18.2 Å². The van der Waals surface area contributed by atoms with Crippen molar-refractivity contribution in [2.24, 2.45) is 0 Å². The molecular formula is C25H22N2O3. The monoisotopic (exact) mass is 398 g/mol. The molecule has 5 heteroatoms. The molecule has 1 aromatic heterocycles. The molecule has 2 amide bonds. The molecule has 3 aromatic carbocycles. The summed E-state index contributed by atoms with van der Waals surface area (Å²) in [4.78, 5) is 26.4. The summed E-state index contributed by atoms with van der Waals surface area (Å²) in [6.07, 6.45) is 3.74. The Morgan fingerprint density at radius 3 is 2.83 bits per heavy atom. The molecule has 30 heavy (non-hydrogen) atoms. The number of amides is 2. The molecule has 0 bridgehead atoms. The van der Waals surface area contributed by atoms with E-state index in [4.69, 9.17) is 4.42 Å². The lowest BCUT2D eigenvalue weighted by molar-refractivity contribution is -0.117. The number of nitrogens with one attached hydrogen (secondary N) is 1. The van der Waals surface area contributed by atoms with Crippen LogP contribution in [0.15, 0.2) is 65.3 Å². The van der Waals surface area contributed by atoms with E-state index in [1.165, 1.54) is 0 Å². The maximum atomic E-state index is 12.8. The lowest BCUT2D eigenvalue weighted by Crippen LogP contribution is -2.33. The van der Waals surface area contributed by atoms with Gasteiger partial charge in [-0.15, -0.1) is 0 Å². The number of aryl methyl sites for hydroxylation is 1. The van der Waals surface area contributed by atoms with E-state index in [9.17, 15) is 9.59 Å². The van der Waals surface area contributed by atoms with Crippen molar-refractivity contribution in [1.82, 2.24) is 0 Å². The van der Waals surface area contributed by atoms with Gasteiger partial charge in [-0.1, -0.05) is 30.3 Å². The van der Waals surface area contributed by atoms with Crippen LogP contribution in [0, 0.1) is 0 Å². The highest BCUT2D eigenvalue weighted by atomic mass is 16.3. The van der Waals surface area contributed by atoms with Gasteiger partial charge >= 0.3 is 0 Å². The van der Waals surface area contributed by atoms with Crippen molar-refractivity contribution in [3.05, 3.63) is 72.0 Å². The summed E-state index contributed by atoms with van der Waals surface area (Å²) < 4.78 is 5.70. The second kappa shape index (κ2) is 7.34. The summed E-state index contributed by atoms with van der Waals surface area (Å²) in [6, 6.07) is 17.9. The lowest BCUT2D eigenvalue weighted by Gasteiger charge is -2.29. The Labute approximate surface area is 174 Å².